The first-order chi connectivity index (χ1) is 15.3. The molecule has 1 amide bonds. The predicted molar refractivity (Wildman–Crippen MR) is 124 cm³/mol. The molecule has 8 heteroatoms. The van der Waals surface area contributed by atoms with Crippen molar-refractivity contribution in [3.05, 3.63) is 84.4 Å². The van der Waals surface area contributed by atoms with E-state index in [4.69, 9.17) is 9.47 Å². The van der Waals surface area contributed by atoms with E-state index >= 15 is 0 Å². The second-order valence-electron chi connectivity index (χ2n) is 7.17. The number of carbonyl (C=O) groups excluding carboxylic acids is 1. The third-order valence-electron chi connectivity index (χ3n) is 4.94. The van der Waals surface area contributed by atoms with E-state index in [0.717, 1.165) is 5.56 Å². The molecule has 0 spiro atoms. The van der Waals surface area contributed by atoms with Gasteiger partial charge < -0.3 is 14.4 Å². The topological polar surface area (TPSA) is 84.9 Å². The monoisotopic (exact) mass is 454 g/mol. The van der Waals surface area contributed by atoms with E-state index in [1.165, 1.54) is 29.2 Å². The van der Waals surface area contributed by atoms with E-state index in [1.807, 2.05) is 30.3 Å². The molecule has 168 valence electrons. The number of nitrogens with zero attached hydrogens (tertiary/aromatic N) is 1. The van der Waals surface area contributed by atoms with Gasteiger partial charge in [0, 0.05) is 24.8 Å². The summed E-state index contributed by atoms with van der Waals surface area (Å²) in [6.07, 6.45) is 0. The van der Waals surface area contributed by atoms with Crippen molar-refractivity contribution in [1.29, 1.82) is 0 Å². The Morgan fingerprint density at radius 1 is 0.969 bits per heavy atom. The van der Waals surface area contributed by atoms with Crippen LogP contribution in [0.1, 0.15) is 18.5 Å². The molecule has 0 aromatic heterocycles. The van der Waals surface area contributed by atoms with Gasteiger partial charge in [-0.05, 0) is 48.9 Å². The number of amides is 1. The number of nitrogens with one attached hydrogen (secondary N) is 1. The summed E-state index contributed by atoms with van der Waals surface area (Å²) in [6.45, 7) is 1.60. The van der Waals surface area contributed by atoms with Crippen molar-refractivity contribution in [3.63, 3.8) is 0 Å². The maximum absolute atomic E-state index is 12.7. The second-order valence-corrected chi connectivity index (χ2v) is 8.88. The number of likely N-dealkylation sites (N-methyl/N-ethyl adjacent to an activating group) is 1. The van der Waals surface area contributed by atoms with Gasteiger partial charge in [0.2, 0.25) is 10.0 Å². The molecule has 3 aromatic carbocycles. The number of sulfonamides is 1. The number of hydrogen-bond donors (Lipinski definition) is 1. The van der Waals surface area contributed by atoms with Crippen LogP contribution in [0.25, 0.3) is 0 Å². The molecule has 32 heavy (non-hydrogen) atoms. The van der Waals surface area contributed by atoms with Crippen LogP contribution in [0.4, 0.5) is 5.69 Å². The number of anilines is 1. The summed E-state index contributed by atoms with van der Waals surface area (Å²) >= 11 is 0. The molecule has 0 radical (unpaired) electrons. The van der Waals surface area contributed by atoms with Gasteiger partial charge in [0.05, 0.1) is 12.0 Å². The van der Waals surface area contributed by atoms with Crippen molar-refractivity contribution in [1.82, 2.24) is 4.72 Å². The Labute approximate surface area is 188 Å². The lowest BCUT2D eigenvalue weighted by Crippen LogP contribution is -2.31. The average Bonchev–Trinajstić information content (AvgIpc) is 2.82. The lowest BCUT2D eigenvalue weighted by atomic mass is 10.1. The predicted octanol–water partition coefficient (Wildman–Crippen LogP) is 3.78. The minimum atomic E-state index is -3.70. The molecule has 1 atom stereocenters. The van der Waals surface area contributed by atoms with E-state index in [1.54, 1.807) is 45.3 Å². The van der Waals surface area contributed by atoms with E-state index in [9.17, 15) is 13.2 Å². The number of hydrogen-bond acceptors (Lipinski definition) is 5. The average molecular weight is 455 g/mol. The number of methoxy groups -OCH3 is 1. The van der Waals surface area contributed by atoms with Gasteiger partial charge in [-0.3, -0.25) is 4.79 Å². The summed E-state index contributed by atoms with van der Waals surface area (Å²) in [4.78, 5) is 14.0. The van der Waals surface area contributed by atoms with Gasteiger partial charge in [-0.1, -0.05) is 36.4 Å². The molecule has 0 unspecified atom stereocenters. The Kier molecular flexibility index (Phi) is 7.50. The number of carbonyl (C=O) groups is 1. The van der Waals surface area contributed by atoms with Crippen molar-refractivity contribution in [2.24, 2.45) is 0 Å². The maximum Gasteiger partial charge on any atom is 0.264 e. The Morgan fingerprint density at radius 2 is 1.66 bits per heavy atom. The van der Waals surface area contributed by atoms with Crippen molar-refractivity contribution in [2.45, 2.75) is 17.9 Å². The first kappa shape index (κ1) is 23.3. The summed E-state index contributed by atoms with van der Waals surface area (Å²) in [6, 6.07) is 22.0. The zero-order valence-electron chi connectivity index (χ0n) is 18.2. The van der Waals surface area contributed by atoms with Gasteiger partial charge >= 0.3 is 0 Å². The first-order valence-corrected chi connectivity index (χ1v) is 11.5. The highest BCUT2D eigenvalue weighted by Crippen LogP contribution is 2.21. The van der Waals surface area contributed by atoms with Crippen LogP contribution in [0.15, 0.2) is 83.8 Å². The highest BCUT2D eigenvalue weighted by molar-refractivity contribution is 7.89. The van der Waals surface area contributed by atoms with Crippen LogP contribution >= 0.6 is 0 Å². The molecule has 0 bridgehead atoms. The Hall–Kier alpha value is -3.36. The van der Waals surface area contributed by atoms with E-state index in [-0.39, 0.29) is 23.5 Å². The minimum Gasteiger partial charge on any atom is -0.497 e. The fourth-order valence-corrected chi connectivity index (χ4v) is 4.26. The molecule has 3 rings (SSSR count). The van der Waals surface area contributed by atoms with Crippen molar-refractivity contribution >= 4 is 21.6 Å². The SMILES string of the molecule is COc1cccc(N(C)C(=O)COc2ccc(S(=O)(=O)N[C@@H](C)c3ccccc3)cc2)c1. The second kappa shape index (κ2) is 10.3. The summed E-state index contributed by atoms with van der Waals surface area (Å²) < 4.78 is 38.7. The normalized spacial score (nSPS) is 12.1. The Bertz CT molecular complexity index is 1150. The van der Waals surface area contributed by atoms with Crippen LogP contribution in [-0.4, -0.2) is 35.1 Å². The van der Waals surface area contributed by atoms with Crippen LogP contribution in [0.2, 0.25) is 0 Å². The van der Waals surface area contributed by atoms with Crippen molar-refractivity contribution in [2.75, 3.05) is 25.7 Å². The number of ether oxygens (including phenoxy) is 2. The zero-order chi connectivity index (χ0) is 23.1. The molecule has 0 fully saturated rings. The van der Waals surface area contributed by atoms with Gasteiger partial charge in [-0.2, -0.15) is 0 Å². The number of rotatable bonds is 9. The summed E-state index contributed by atoms with van der Waals surface area (Å²) in [7, 11) is -0.495. The number of benzene rings is 3. The molecule has 0 saturated carbocycles. The third-order valence-corrected chi connectivity index (χ3v) is 6.50. The van der Waals surface area contributed by atoms with Crippen LogP contribution < -0.4 is 19.1 Å². The van der Waals surface area contributed by atoms with Gasteiger partial charge in [0.25, 0.3) is 5.91 Å². The molecule has 0 saturated heterocycles. The van der Waals surface area contributed by atoms with Crippen LogP contribution in [-0.2, 0) is 14.8 Å². The van der Waals surface area contributed by atoms with Crippen molar-refractivity contribution < 1.29 is 22.7 Å². The lowest BCUT2D eigenvalue weighted by molar-refractivity contribution is -0.120. The van der Waals surface area contributed by atoms with Gasteiger partial charge in [-0.25, -0.2) is 13.1 Å². The third kappa shape index (κ3) is 5.87. The fourth-order valence-electron chi connectivity index (χ4n) is 3.03. The minimum absolute atomic E-state index is 0.118. The molecule has 7 nitrogen and oxygen atoms in total. The van der Waals surface area contributed by atoms with E-state index in [0.29, 0.717) is 17.2 Å². The molecule has 0 aliphatic rings. The molecular formula is C24H26N2O5S. The molecule has 3 aromatic rings. The standard InChI is InChI=1S/C24H26N2O5S/c1-18(19-8-5-4-6-9-19)25-32(28,29)23-14-12-21(13-15-23)31-17-24(27)26(2)20-10-7-11-22(16-20)30-3/h4-16,18,25H,17H2,1-3H3/t18-/m0/s1. The van der Waals surface area contributed by atoms with Gasteiger partial charge in [-0.15, -0.1) is 0 Å². The summed E-state index contributed by atoms with van der Waals surface area (Å²) in [5.41, 5.74) is 1.55. The van der Waals surface area contributed by atoms with E-state index < -0.39 is 10.0 Å². The molecule has 0 aliphatic carbocycles. The first-order valence-electron chi connectivity index (χ1n) is 10.0. The van der Waals surface area contributed by atoms with Gasteiger partial charge in [0.15, 0.2) is 6.61 Å². The summed E-state index contributed by atoms with van der Waals surface area (Å²) in [5.74, 6) is 0.788. The largest absolute Gasteiger partial charge is 0.497 e. The fraction of sp³-hybridized carbons (Fsp3) is 0.208. The highest BCUT2D eigenvalue weighted by Gasteiger charge is 2.19. The highest BCUT2D eigenvalue weighted by atomic mass is 32.2. The van der Waals surface area contributed by atoms with Crippen LogP contribution in [0.5, 0.6) is 11.5 Å². The van der Waals surface area contributed by atoms with Crippen LogP contribution in [0.3, 0.4) is 0 Å². The Balaban J connectivity index is 1.59. The Morgan fingerprint density at radius 3 is 2.31 bits per heavy atom. The van der Waals surface area contributed by atoms with E-state index in [2.05, 4.69) is 4.72 Å². The summed E-state index contributed by atoms with van der Waals surface area (Å²) in [5, 5.41) is 0. The lowest BCUT2D eigenvalue weighted by Gasteiger charge is -2.18. The molecule has 0 heterocycles. The maximum atomic E-state index is 12.7. The smallest absolute Gasteiger partial charge is 0.264 e. The van der Waals surface area contributed by atoms with Crippen LogP contribution in [0, 0.1) is 0 Å². The quantitative estimate of drug-likeness (QED) is 0.532. The molecule has 0 aliphatic heterocycles. The molecule has 1 N–H and O–H groups in total. The van der Waals surface area contributed by atoms with Crippen molar-refractivity contribution in [3.8, 4) is 11.5 Å². The van der Waals surface area contributed by atoms with Gasteiger partial charge in [0.1, 0.15) is 11.5 Å². The zero-order valence-corrected chi connectivity index (χ0v) is 19.0. The molecular weight excluding hydrogens is 428 g/mol.